The Labute approximate surface area is 78.8 Å². The van der Waals surface area contributed by atoms with Gasteiger partial charge in [0.25, 0.3) is 0 Å². The minimum Gasteiger partial charge on any atom is -0.395 e. The monoisotopic (exact) mass is 183 g/mol. The lowest BCUT2D eigenvalue weighted by Gasteiger charge is -2.18. The molecule has 0 bridgehead atoms. The van der Waals surface area contributed by atoms with E-state index in [0.717, 1.165) is 26.2 Å². The SMILES string of the molecule is CCN(CCO)CCn1ccnc1. The minimum absolute atomic E-state index is 0.234. The molecule has 1 heterocycles. The first-order valence-electron chi connectivity index (χ1n) is 4.65. The minimum atomic E-state index is 0.234. The molecule has 0 atom stereocenters. The number of aliphatic hydroxyl groups excluding tert-OH is 1. The van der Waals surface area contributed by atoms with Gasteiger partial charge in [-0.15, -0.1) is 0 Å². The first-order valence-corrected chi connectivity index (χ1v) is 4.65. The molecule has 4 heteroatoms. The number of nitrogens with zero attached hydrogens (tertiary/aromatic N) is 3. The molecule has 4 nitrogen and oxygen atoms in total. The van der Waals surface area contributed by atoms with Crippen molar-refractivity contribution in [3.8, 4) is 0 Å². The van der Waals surface area contributed by atoms with Crippen LogP contribution >= 0.6 is 0 Å². The summed E-state index contributed by atoms with van der Waals surface area (Å²) >= 11 is 0. The Kier molecular flexibility index (Phi) is 4.49. The highest BCUT2D eigenvalue weighted by Gasteiger charge is 2.00. The molecule has 1 N–H and O–H groups in total. The van der Waals surface area contributed by atoms with Crippen LogP contribution in [-0.2, 0) is 6.54 Å². The third kappa shape index (κ3) is 3.57. The molecule has 0 saturated carbocycles. The van der Waals surface area contributed by atoms with Gasteiger partial charge in [0.1, 0.15) is 0 Å². The van der Waals surface area contributed by atoms with Crippen LogP contribution in [0.2, 0.25) is 0 Å². The fourth-order valence-corrected chi connectivity index (χ4v) is 1.25. The molecule has 1 aromatic rings. The number of likely N-dealkylation sites (N-methyl/N-ethyl adjacent to an activating group) is 1. The van der Waals surface area contributed by atoms with Crippen LogP contribution < -0.4 is 0 Å². The number of imidazole rings is 1. The predicted molar refractivity (Wildman–Crippen MR) is 51.4 cm³/mol. The van der Waals surface area contributed by atoms with Crippen molar-refractivity contribution in [2.75, 3.05) is 26.2 Å². The molecule has 0 spiro atoms. The molecule has 74 valence electrons. The maximum atomic E-state index is 8.76. The van der Waals surface area contributed by atoms with E-state index in [2.05, 4.69) is 16.8 Å². The summed E-state index contributed by atoms with van der Waals surface area (Å²) in [5, 5.41) is 8.76. The first kappa shape index (κ1) is 10.2. The number of aliphatic hydroxyl groups is 1. The highest BCUT2D eigenvalue weighted by Crippen LogP contribution is 1.91. The van der Waals surface area contributed by atoms with E-state index >= 15 is 0 Å². The number of aromatic nitrogens is 2. The van der Waals surface area contributed by atoms with Crippen molar-refractivity contribution in [1.29, 1.82) is 0 Å². The van der Waals surface area contributed by atoms with Crippen molar-refractivity contribution >= 4 is 0 Å². The summed E-state index contributed by atoms with van der Waals surface area (Å²) < 4.78 is 2.04. The summed E-state index contributed by atoms with van der Waals surface area (Å²) in [4.78, 5) is 6.18. The van der Waals surface area contributed by atoms with Crippen molar-refractivity contribution in [1.82, 2.24) is 14.5 Å². The van der Waals surface area contributed by atoms with Crippen molar-refractivity contribution in [3.05, 3.63) is 18.7 Å². The third-order valence-electron chi connectivity index (χ3n) is 2.10. The Balaban J connectivity index is 2.23. The fraction of sp³-hybridized carbons (Fsp3) is 0.667. The Morgan fingerprint density at radius 1 is 1.46 bits per heavy atom. The zero-order valence-corrected chi connectivity index (χ0v) is 8.06. The molecule has 0 saturated heterocycles. The molecule has 13 heavy (non-hydrogen) atoms. The molecule has 0 aromatic carbocycles. The lowest BCUT2D eigenvalue weighted by Crippen LogP contribution is -2.29. The van der Waals surface area contributed by atoms with Gasteiger partial charge < -0.3 is 9.67 Å². The Morgan fingerprint density at radius 3 is 2.85 bits per heavy atom. The Bertz CT molecular complexity index is 211. The molecule has 0 aliphatic carbocycles. The van der Waals surface area contributed by atoms with Gasteiger partial charge in [-0.3, -0.25) is 4.90 Å². The highest BCUT2D eigenvalue weighted by atomic mass is 16.3. The lowest BCUT2D eigenvalue weighted by atomic mass is 10.4. The van der Waals surface area contributed by atoms with Crippen LogP contribution in [0.25, 0.3) is 0 Å². The van der Waals surface area contributed by atoms with Gasteiger partial charge in [0.15, 0.2) is 0 Å². The van der Waals surface area contributed by atoms with Gasteiger partial charge in [-0.05, 0) is 6.54 Å². The topological polar surface area (TPSA) is 41.3 Å². The van der Waals surface area contributed by atoms with E-state index in [4.69, 9.17) is 5.11 Å². The average molecular weight is 183 g/mol. The molecule has 0 aliphatic rings. The quantitative estimate of drug-likeness (QED) is 0.685. The van der Waals surface area contributed by atoms with E-state index in [1.807, 2.05) is 17.1 Å². The van der Waals surface area contributed by atoms with Crippen molar-refractivity contribution in [2.24, 2.45) is 0 Å². The molecule has 0 aliphatic heterocycles. The third-order valence-corrected chi connectivity index (χ3v) is 2.10. The number of hydrogen-bond donors (Lipinski definition) is 1. The van der Waals surface area contributed by atoms with Gasteiger partial charge >= 0.3 is 0 Å². The summed E-state index contributed by atoms with van der Waals surface area (Å²) in [5.41, 5.74) is 0. The van der Waals surface area contributed by atoms with Crippen LogP contribution in [0.15, 0.2) is 18.7 Å². The Morgan fingerprint density at radius 2 is 2.31 bits per heavy atom. The second-order valence-corrected chi connectivity index (χ2v) is 2.96. The van der Waals surface area contributed by atoms with E-state index in [9.17, 15) is 0 Å². The van der Waals surface area contributed by atoms with E-state index in [-0.39, 0.29) is 6.61 Å². The number of hydrogen-bond acceptors (Lipinski definition) is 3. The zero-order valence-electron chi connectivity index (χ0n) is 8.06. The standard InChI is InChI=1S/C9H17N3O/c1-2-11(7-8-13)5-6-12-4-3-10-9-12/h3-4,9,13H,2,5-8H2,1H3. The second kappa shape index (κ2) is 5.72. The van der Waals surface area contributed by atoms with Crippen LogP contribution in [0, 0.1) is 0 Å². The van der Waals surface area contributed by atoms with Crippen molar-refractivity contribution < 1.29 is 5.11 Å². The highest BCUT2D eigenvalue weighted by molar-refractivity contribution is 4.74. The zero-order chi connectivity index (χ0) is 9.52. The number of rotatable bonds is 6. The maximum absolute atomic E-state index is 8.76. The molecular formula is C9H17N3O. The molecule has 0 radical (unpaired) electrons. The van der Waals surface area contributed by atoms with Crippen LogP contribution in [0.5, 0.6) is 0 Å². The van der Waals surface area contributed by atoms with E-state index < -0.39 is 0 Å². The Hall–Kier alpha value is -0.870. The molecule has 0 unspecified atom stereocenters. The van der Waals surface area contributed by atoms with E-state index in [0.29, 0.717) is 0 Å². The summed E-state index contributed by atoms with van der Waals surface area (Å²) in [6, 6.07) is 0. The smallest absolute Gasteiger partial charge is 0.0946 e. The lowest BCUT2D eigenvalue weighted by molar-refractivity contribution is 0.197. The summed E-state index contributed by atoms with van der Waals surface area (Å²) in [7, 11) is 0. The van der Waals surface area contributed by atoms with Crippen LogP contribution in [0.3, 0.4) is 0 Å². The first-order chi connectivity index (χ1) is 6.36. The van der Waals surface area contributed by atoms with Crippen molar-refractivity contribution in [3.63, 3.8) is 0 Å². The average Bonchev–Trinajstić information content (AvgIpc) is 2.64. The largest absolute Gasteiger partial charge is 0.395 e. The normalized spacial score (nSPS) is 11.0. The maximum Gasteiger partial charge on any atom is 0.0946 e. The van der Waals surface area contributed by atoms with Crippen LogP contribution in [-0.4, -0.2) is 45.8 Å². The summed E-state index contributed by atoms with van der Waals surface area (Å²) in [6.45, 7) is 5.98. The molecule has 1 rings (SSSR count). The molecular weight excluding hydrogens is 166 g/mol. The summed E-state index contributed by atoms with van der Waals surface area (Å²) in [6.07, 6.45) is 5.54. The van der Waals surface area contributed by atoms with Gasteiger partial charge in [0, 0.05) is 32.0 Å². The van der Waals surface area contributed by atoms with Gasteiger partial charge in [-0.25, -0.2) is 4.98 Å². The molecule has 0 fully saturated rings. The van der Waals surface area contributed by atoms with E-state index in [1.165, 1.54) is 0 Å². The van der Waals surface area contributed by atoms with Gasteiger partial charge in [0.2, 0.25) is 0 Å². The van der Waals surface area contributed by atoms with Crippen LogP contribution in [0.4, 0.5) is 0 Å². The molecule has 1 aromatic heterocycles. The second-order valence-electron chi connectivity index (χ2n) is 2.96. The summed E-state index contributed by atoms with van der Waals surface area (Å²) in [5.74, 6) is 0. The van der Waals surface area contributed by atoms with E-state index in [1.54, 1.807) is 6.20 Å². The predicted octanol–water partition coefficient (Wildman–Crippen LogP) is 0.197. The van der Waals surface area contributed by atoms with Gasteiger partial charge in [-0.2, -0.15) is 0 Å². The van der Waals surface area contributed by atoms with Crippen LogP contribution in [0.1, 0.15) is 6.92 Å². The van der Waals surface area contributed by atoms with Gasteiger partial charge in [0.05, 0.1) is 12.9 Å². The van der Waals surface area contributed by atoms with Gasteiger partial charge in [-0.1, -0.05) is 6.92 Å². The van der Waals surface area contributed by atoms with Crippen molar-refractivity contribution in [2.45, 2.75) is 13.5 Å². The fourth-order valence-electron chi connectivity index (χ4n) is 1.25. The molecule has 0 amide bonds.